The van der Waals surface area contributed by atoms with E-state index in [2.05, 4.69) is 58.0 Å². The van der Waals surface area contributed by atoms with Crippen molar-refractivity contribution in [1.82, 2.24) is 19.7 Å². The lowest BCUT2D eigenvalue weighted by Crippen LogP contribution is -2.46. The van der Waals surface area contributed by atoms with Gasteiger partial charge in [-0.1, -0.05) is 42.5 Å². The van der Waals surface area contributed by atoms with Crippen molar-refractivity contribution in [1.29, 1.82) is 0 Å². The highest BCUT2D eigenvalue weighted by atomic mass is 32.1. The van der Waals surface area contributed by atoms with Crippen LogP contribution in [0.25, 0.3) is 20.7 Å². The summed E-state index contributed by atoms with van der Waals surface area (Å²) in [5, 5.41) is 0. The highest BCUT2D eigenvalue weighted by Gasteiger charge is 2.17. The number of likely N-dealkylation sites (N-methyl/N-ethyl adjacent to an activating group) is 2. The number of fused-ring (bicyclic) bond motifs is 1. The first kappa shape index (κ1) is 34.5. The molecule has 3 aromatic carbocycles. The van der Waals surface area contributed by atoms with Gasteiger partial charge in [-0.15, -0.1) is 11.3 Å². The topological polar surface area (TPSA) is 66.0 Å². The van der Waals surface area contributed by atoms with Crippen LogP contribution in [0.15, 0.2) is 85.1 Å². The van der Waals surface area contributed by atoms with Gasteiger partial charge in [0.2, 0.25) is 0 Å². The first-order chi connectivity index (χ1) is 23.7. The second-order valence-electron chi connectivity index (χ2n) is 12.8. The molecule has 49 heavy (non-hydrogen) atoms. The zero-order chi connectivity index (χ0) is 34.3. The zero-order valence-electron chi connectivity index (χ0n) is 27.8. The summed E-state index contributed by atoms with van der Waals surface area (Å²) in [6, 6.07) is 22.4. The number of carbonyl (C=O) groups is 2. The number of nitrogens with zero attached hydrogens (tertiary/aromatic N) is 4. The summed E-state index contributed by atoms with van der Waals surface area (Å²) < 4.78 is 35.4. The summed E-state index contributed by atoms with van der Waals surface area (Å²) in [4.78, 5) is 37.7. The molecular weight excluding hydrogens is 643 g/mol. The molecule has 0 amide bonds. The summed E-state index contributed by atoms with van der Waals surface area (Å²) >= 11 is 1.54. The molecular formula is C39H40F2N4O3S. The third kappa shape index (κ3) is 9.42. The van der Waals surface area contributed by atoms with Crippen LogP contribution >= 0.6 is 11.3 Å². The minimum absolute atomic E-state index is 0.0296. The Morgan fingerprint density at radius 2 is 1.57 bits per heavy atom. The molecule has 1 aliphatic heterocycles. The smallest absolute Gasteiger partial charge is 0.166 e. The minimum Gasteiger partial charge on any atom is -0.453 e. The molecule has 0 bridgehead atoms. The minimum atomic E-state index is -0.609. The molecule has 254 valence electrons. The van der Waals surface area contributed by atoms with E-state index < -0.39 is 11.6 Å². The van der Waals surface area contributed by atoms with Gasteiger partial charge in [-0.05, 0) is 66.7 Å². The molecule has 0 N–H and O–H groups in total. The van der Waals surface area contributed by atoms with E-state index in [4.69, 9.17) is 4.74 Å². The van der Waals surface area contributed by atoms with Crippen LogP contribution in [0, 0.1) is 11.6 Å². The van der Waals surface area contributed by atoms with Crippen LogP contribution in [0.5, 0.6) is 11.5 Å². The van der Waals surface area contributed by atoms with Gasteiger partial charge in [0.05, 0.1) is 16.6 Å². The Labute approximate surface area is 289 Å². The Morgan fingerprint density at radius 1 is 0.857 bits per heavy atom. The van der Waals surface area contributed by atoms with Gasteiger partial charge in [0.25, 0.3) is 0 Å². The van der Waals surface area contributed by atoms with Crippen LogP contribution in [0.2, 0.25) is 0 Å². The Bertz CT molecular complexity index is 1920. The summed E-state index contributed by atoms with van der Waals surface area (Å²) in [6.45, 7) is 7.51. The van der Waals surface area contributed by atoms with E-state index in [0.717, 1.165) is 66.5 Å². The molecule has 0 saturated carbocycles. The highest BCUT2D eigenvalue weighted by Crippen LogP contribution is 2.39. The van der Waals surface area contributed by atoms with E-state index >= 15 is 4.39 Å². The van der Waals surface area contributed by atoms with Gasteiger partial charge in [0.1, 0.15) is 23.1 Å². The summed E-state index contributed by atoms with van der Waals surface area (Å²) in [5.74, 6) is -1.17. The van der Waals surface area contributed by atoms with E-state index in [9.17, 15) is 14.0 Å². The first-order valence-electron chi connectivity index (χ1n) is 16.5. The van der Waals surface area contributed by atoms with Crippen LogP contribution in [0.3, 0.4) is 0 Å². The van der Waals surface area contributed by atoms with E-state index in [1.54, 1.807) is 24.4 Å². The van der Waals surface area contributed by atoms with Crippen LogP contribution in [-0.2, 0) is 29.0 Å². The second kappa shape index (κ2) is 15.9. The van der Waals surface area contributed by atoms with E-state index in [0.29, 0.717) is 16.9 Å². The van der Waals surface area contributed by atoms with Crippen molar-refractivity contribution in [2.75, 3.05) is 53.4 Å². The zero-order valence-corrected chi connectivity index (χ0v) is 28.6. The molecule has 2 aromatic heterocycles. The third-order valence-electron chi connectivity index (χ3n) is 8.76. The third-order valence-corrected chi connectivity index (χ3v) is 9.95. The van der Waals surface area contributed by atoms with Crippen molar-refractivity contribution in [2.45, 2.75) is 25.8 Å². The van der Waals surface area contributed by atoms with Crippen molar-refractivity contribution in [3.63, 3.8) is 0 Å². The quantitative estimate of drug-likeness (QED) is 0.117. The molecule has 1 aliphatic rings. The number of aromatic nitrogens is 1. The average molecular weight is 683 g/mol. The first-order valence-corrected chi connectivity index (χ1v) is 17.3. The Balaban J connectivity index is 1.05. The number of hydrogen-bond acceptors (Lipinski definition) is 8. The summed E-state index contributed by atoms with van der Waals surface area (Å²) in [5.41, 5.74) is 4.04. The SMILES string of the molecule is CN1CCN(CCN(C)Cc2ccc(-c3cc4nccc(Oc5ccc(CC(=O)CC(=O)Cc6cccc(F)c6)cc5F)c4s3)cc2)CC1. The average Bonchev–Trinajstić information content (AvgIpc) is 3.51. The van der Waals surface area contributed by atoms with Gasteiger partial charge < -0.3 is 14.5 Å². The van der Waals surface area contributed by atoms with Gasteiger partial charge in [0, 0.05) is 75.8 Å². The predicted octanol–water partition coefficient (Wildman–Crippen LogP) is 7.03. The van der Waals surface area contributed by atoms with Gasteiger partial charge in [-0.3, -0.25) is 19.5 Å². The maximum absolute atomic E-state index is 15.2. The molecule has 0 unspecified atom stereocenters. The summed E-state index contributed by atoms with van der Waals surface area (Å²) in [6.07, 6.45) is 1.21. The molecule has 6 rings (SSSR count). The van der Waals surface area contributed by atoms with Crippen molar-refractivity contribution in [3.05, 3.63) is 113 Å². The number of pyridine rings is 1. The number of ether oxygens (including phenoxy) is 1. The lowest BCUT2D eigenvalue weighted by molar-refractivity contribution is -0.126. The molecule has 5 aromatic rings. The number of piperazine rings is 1. The number of carbonyl (C=O) groups excluding carboxylic acids is 2. The van der Waals surface area contributed by atoms with Gasteiger partial charge >= 0.3 is 0 Å². The number of ketones is 2. The van der Waals surface area contributed by atoms with Crippen LogP contribution in [0.4, 0.5) is 8.78 Å². The number of benzene rings is 3. The fraction of sp³-hybridized carbons (Fsp3) is 0.308. The largest absolute Gasteiger partial charge is 0.453 e. The lowest BCUT2D eigenvalue weighted by atomic mass is 10.0. The van der Waals surface area contributed by atoms with Crippen LogP contribution in [-0.4, -0.2) is 84.6 Å². The molecule has 0 spiro atoms. The van der Waals surface area contributed by atoms with E-state index in [-0.39, 0.29) is 36.6 Å². The second-order valence-corrected chi connectivity index (χ2v) is 13.9. The van der Waals surface area contributed by atoms with E-state index in [1.807, 2.05) is 6.07 Å². The monoisotopic (exact) mass is 682 g/mol. The van der Waals surface area contributed by atoms with Crippen LogP contribution < -0.4 is 4.74 Å². The van der Waals surface area contributed by atoms with Gasteiger partial charge in [-0.2, -0.15) is 0 Å². The number of halogens is 2. The Hall–Kier alpha value is -4.35. The Morgan fingerprint density at radius 3 is 2.29 bits per heavy atom. The number of rotatable bonds is 14. The van der Waals surface area contributed by atoms with Gasteiger partial charge in [0.15, 0.2) is 11.6 Å². The highest BCUT2D eigenvalue weighted by molar-refractivity contribution is 7.22. The Kier molecular flexibility index (Phi) is 11.2. The maximum Gasteiger partial charge on any atom is 0.166 e. The van der Waals surface area contributed by atoms with Crippen molar-refractivity contribution in [2.24, 2.45) is 0 Å². The molecule has 7 nitrogen and oxygen atoms in total. The molecule has 0 atom stereocenters. The molecule has 1 fully saturated rings. The predicted molar refractivity (Wildman–Crippen MR) is 190 cm³/mol. The molecule has 0 radical (unpaired) electrons. The fourth-order valence-corrected chi connectivity index (χ4v) is 7.06. The van der Waals surface area contributed by atoms with Crippen molar-refractivity contribution in [3.8, 4) is 21.9 Å². The fourth-order valence-electron chi connectivity index (χ4n) is 5.99. The summed E-state index contributed by atoms with van der Waals surface area (Å²) in [7, 11) is 4.35. The molecule has 1 saturated heterocycles. The standard InChI is InChI=1S/C39H40F2N4O3S/c1-43-14-17-45(18-15-43)19-16-44(2)26-27-6-9-30(10-7-27)38-25-35-39(49-38)37(12-13-42-35)48-36-11-8-29(23-34(36)41)22-33(47)24-32(46)21-28-4-3-5-31(40)20-28/h3-13,20,23,25H,14-19,21-22,24,26H2,1-2H3. The molecule has 3 heterocycles. The number of hydrogen-bond donors (Lipinski definition) is 0. The number of Topliss-reactive ketones (excluding diaryl/α,β-unsaturated/α-hetero) is 2. The normalized spacial score (nSPS) is 14.1. The maximum atomic E-state index is 15.2. The molecule has 10 heteroatoms. The van der Waals surface area contributed by atoms with Crippen molar-refractivity contribution < 1.29 is 23.1 Å². The van der Waals surface area contributed by atoms with E-state index in [1.165, 1.54) is 47.2 Å². The number of thiophene rings is 1. The van der Waals surface area contributed by atoms with Crippen LogP contribution in [0.1, 0.15) is 23.1 Å². The van der Waals surface area contributed by atoms with Crippen molar-refractivity contribution >= 4 is 33.1 Å². The van der Waals surface area contributed by atoms with Gasteiger partial charge in [-0.25, -0.2) is 8.78 Å². The lowest BCUT2D eigenvalue weighted by Gasteiger charge is -2.33. The molecule has 0 aliphatic carbocycles.